The number of nitrogens with one attached hydrogen (secondary N) is 2. The van der Waals surface area contributed by atoms with E-state index < -0.39 is 0 Å². The average molecular weight is 245 g/mol. The monoisotopic (exact) mass is 245 g/mol. The number of carbonyl (C=O) groups is 1. The van der Waals surface area contributed by atoms with E-state index in [4.69, 9.17) is 0 Å². The Labute approximate surface area is 107 Å². The second-order valence-corrected chi connectivity index (χ2v) is 4.62. The third kappa shape index (κ3) is 2.10. The summed E-state index contributed by atoms with van der Waals surface area (Å²) in [6.45, 7) is 4.28. The number of rotatable bonds is 3. The van der Waals surface area contributed by atoms with E-state index in [9.17, 15) is 4.79 Å². The van der Waals surface area contributed by atoms with Crippen LogP contribution in [0.2, 0.25) is 0 Å². The summed E-state index contributed by atoms with van der Waals surface area (Å²) in [4.78, 5) is 10.7. The summed E-state index contributed by atoms with van der Waals surface area (Å²) in [6, 6.07) is 2.12. The molecule has 1 aromatic rings. The van der Waals surface area contributed by atoms with Crippen LogP contribution in [-0.4, -0.2) is 19.3 Å². The molecule has 4 nitrogen and oxygen atoms in total. The molecule has 0 aliphatic heterocycles. The Bertz CT molecular complexity index is 506. The Hall–Kier alpha value is -1.84. The number of hydrogen-bond donors (Lipinski definition) is 2. The van der Waals surface area contributed by atoms with Crippen LogP contribution in [0.4, 0.5) is 0 Å². The van der Waals surface area contributed by atoms with Gasteiger partial charge in [-0.15, -0.1) is 0 Å². The lowest BCUT2D eigenvalue weighted by Crippen LogP contribution is -2.26. The highest BCUT2D eigenvalue weighted by molar-refractivity contribution is 6.05. The van der Waals surface area contributed by atoms with E-state index in [2.05, 4.69) is 35.8 Å². The van der Waals surface area contributed by atoms with Gasteiger partial charge in [0.1, 0.15) is 0 Å². The van der Waals surface area contributed by atoms with Gasteiger partial charge in [-0.3, -0.25) is 4.79 Å². The molecule has 2 N–H and O–H groups in total. The molecular formula is C14H19N3O. The van der Waals surface area contributed by atoms with E-state index in [-0.39, 0.29) is 0 Å². The van der Waals surface area contributed by atoms with Crippen LogP contribution in [0, 0.1) is 13.8 Å². The molecular weight excluding hydrogens is 226 g/mol. The first-order chi connectivity index (χ1) is 8.69. The number of benzene rings is 1. The van der Waals surface area contributed by atoms with Crippen molar-refractivity contribution in [2.45, 2.75) is 33.1 Å². The van der Waals surface area contributed by atoms with Gasteiger partial charge in [-0.05, 0) is 61.4 Å². The highest BCUT2D eigenvalue weighted by Gasteiger charge is 2.21. The van der Waals surface area contributed by atoms with Crippen molar-refractivity contribution < 1.29 is 4.79 Å². The maximum Gasteiger partial charge on any atom is 0.212 e. The van der Waals surface area contributed by atoms with Gasteiger partial charge in [0.2, 0.25) is 6.41 Å². The number of carbonyl (C=O) groups excluding carboxylic acids is 1. The van der Waals surface area contributed by atoms with E-state index >= 15 is 0 Å². The Morgan fingerprint density at radius 2 is 2.06 bits per heavy atom. The Balaban J connectivity index is 2.57. The molecule has 96 valence electrons. The molecule has 0 saturated carbocycles. The summed E-state index contributed by atoms with van der Waals surface area (Å²) in [5.41, 5.74) is 9.19. The molecule has 0 fully saturated rings. The van der Waals surface area contributed by atoms with Crippen molar-refractivity contribution in [3.63, 3.8) is 0 Å². The summed E-state index contributed by atoms with van der Waals surface area (Å²) in [5.74, 6) is 0.605. The zero-order valence-electron chi connectivity index (χ0n) is 11.1. The van der Waals surface area contributed by atoms with Gasteiger partial charge in [-0.1, -0.05) is 0 Å². The van der Waals surface area contributed by atoms with Gasteiger partial charge >= 0.3 is 0 Å². The molecule has 0 atom stereocenters. The molecule has 0 unspecified atom stereocenters. The standard InChI is InChI=1S/C14H19N3O/c1-9-7-13(14(16-8-18)17-15-3)12-6-4-5-11(12)10(9)2/h7-8,15H,4-6H2,1-3H3,(H,16,17,18). The number of aryl methyl sites for hydroxylation is 1. The second kappa shape index (κ2) is 5.21. The van der Waals surface area contributed by atoms with Gasteiger partial charge in [-0.2, -0.15) is 5.10 Å². The van der Waals surface area contributed by atoms with Gasteiger partial charge < -0.3 is 10.7 Å². The molecule has 0 heterocycles. The van der Waals surface area contributed by atoms with Gasteiger partial charge in [0.15, 0.2) is 5.84 Å². The van der Waals surface area contributed by atoms with E-state index in [1.807, 2.05) is 0 Å². The van der Waals surface area contributed by atoms with Crippen molar-refractivity contribution in [3.8, 4) is 0 Å². The maximum absolute atomic E-state index is 10.7. The highest BCUT2D eigenvalue weighted by Crippen LogP contribution is 2.30. The van der Waals surface area contributed by atoms with Crippen LogP contribution in [0.1, 0.15) is 34.2 Å². The average Bonchev–Trinajstić information content (AvgIpc) is 2.83. The minimum Gasteiger partial charge on any atom is -0.311 e. The van der Waals surface area contributed by atoms with Crippen LogP contribution in [0.5, 0.6) is 0 Å². The Kier molecular flexibility index (Phi) is 3.65. The number of nitrogens with zero attached hydrogens (tertiary/aromatic N) is 1. The fraction of sp³-hybridized carbons (Fsp3) is 0.429. The van der Waals surface area contributed by atoms with E-state index in [0.717, 1.165) is 18.4 Å². The zero-order valence-corrected chi connectivity index (χ0v) is 11.1. The molecule has 4 heteroatoms. The molecule has 18 heavy (non-hydrogen) atoms. The van der Waals surface area contributed by atoms with E-state index in [1.165, 1.54) is 28.7 Å². The molecule has 0 radical (unpaired) electrons. The second-order valence-electron chi connectivity index (χ2n) is 4.62. The normalized spacial score (nSPS) is 14.3. The van der Waals surface area contributed by atoms with Gasteiger partial charge in [-0.25, -0.2) is 0 Å². The quantitative estimate of drug-likeness (QED) is 0.366. The van der Waals surface area contributed by atoms with Crippen LogP contribution in [0.25, 0.3) is 0 Å². The molecule has 1 aromatic carbocycles. The molecule has 2 rings (SSSR count). The van der Waals surface area contributed by atoms with Crippen LogP contribution in [0.15, 0.2) is 11.2 Å². The zero-order chi connectivity index (χ0) is 13.1. The fourth-order valence-corrected chi connectivity index (χ4v) is 2.65. The first kappa shape index (κ1) is 12.6. The first-order valence-corrected chi connectivity index (χ1v) is 6.26. The number of amidine groups is 1. The number of hydrazone groups is 1. The smallest absolute Gasteiger partial charge is 0.212 e. The topological polar surface area (TPSA) is 53.5 Å². The lowest BCUT2D eigenvalue weighted by molar-refractivity contribution is -0.108. The summed E-state index contributed by atoms with van der Waals surface area (Å²) in [5, 5.41) is 6.84. The lowest BCUT2D eigenvalue weighted by atomic mass is 9.94. The van der Waals surface area contributed by atoms with Crippen LogP contribution in [0.3, 0.4) is 0 Å². The van der Waals surface area contributed by atoms with Crippen LogP contribution >= 0.6 is 0 Å². The van der Waals surface area contributed by atoms with Crippen LogP contribution < -0.4 is 10.7 Å². The predicted molar refractivity (Wildman–Crippen MR) is 72.7 cm³/mol. The molecule has 0 spiro atoms. The van der Waals surface area contributed by atoms with Crippen molar-refractivity contribution in [1.82, 2.24) is 10.7 Å². The van der Waals surface area contributed by atoms with Crippen LogP contribution in [-0.2, 0) is 17.6 Å². The first-order valence-electron chi connectivity index (χ1n) is 6.26. The van der Waals surface area contributed by atoms with Gasteiger partial charge in [0, 0.05) is 12.6 Å². The molecule has 0 saturated heterocycles. The largest absolute Gasteiger partial charge is 0.311 e. The van der Waals surface area contributed by atoms with Crippen molar-refractivity contribution in [1.29, 1.82) is 0 Å². The number of fused-ring (bicyclic) bond motifs is 1. The fourth-order valence-electron chi connectivity index (χ4n) is 2.65. The molecule has 1 amide bonds. The Morgan fingerprint density at radius 1 is 1.33 bits per heavy atom. The molecule has 0 bridgehead atoms. The minimum atomic E-state index is 0.605. The number of hydrogen-bond acceptors (Lipinski definition) is 3. The summed E-state index contributed by atoms with van der Waals surface area (Å²) >= 11 is 0. The Morgan fingerprint density at radius 3 is 2.72 bits per heavy atom. The third-order valence-corrected chi connectivity index (χ3v) is 3.62. The summed E-state index contributed by atoms with van der Waals surface area (Å²) in [7, 11) is 1.73. The minimum absolute atomic E-state index is 0.605. The maximum atomic E-state index is 10.7. The molecule has 1 aliphatic rings. The van der Waals surface area contributed by atoms with Gasteiger partial charge in [0.25, 0.3) is 0 Å². The third-order valence-electron chi connectivity index (χ3n) is 3.62. The van der Waals surface area contributed by atoms with Crippen molar-refractivity contribution >= 4 is 12.2 Å². The van der Waals surface area contributed by atoms with Crippen molar-refractivity contribution in [3.05, 3.63) is 33.9 Å². The SMILES string of the molecule is CN/N=C(\NC=O)c1cc(C)c(C)c2c1CCC2. The van der Waals surface area contributed by atoms with E-state index in [0.29, 0.717) is 12.2 Å². The van der Waals surface area contributed by atoms with Gasteiger partial charge in [0.05, 0.1) is 0 Å². The molecule has 1 aliphatic carbocycles. The van der Waals surface area contributed by atoms with Crippen molar-refractivity contribution in [2.24, 2.45) is 5.10 Å². The summed E-state index contributed by atoms with van der Waals surface area (Å²) in [6.07, 6.45) is 4.05. The number of amides is 1. The molecule has 0 aromatic heterocycles. The highest BCUT2D eigenvalue weighted by atomic mass is 16.1. The van der Waals surface area contributed by atoms with Crippen molar-refractivity contribution in [2.75, 3.05) is 7.05 Å². The van der Waals surface area contributed by atoms with E-state index in [1.54, 1.807) is 7.05 Å². The summed E-state index contributed by atoms with van der Waals surface area (Å²) < 4.78 is 0. The lowest BCUT2D eigenvalue weighted by Gasteiger charge is -2.15. The predicted octanol–water partition coefficient (Wildman–Crippen LogP) is 1.42.